The number of amides is 4. The molecular weight excluding hydrogens is 791 g/mol. The molecule has 0 saturated carbocycles. The van der Waals surface area contributed by atoms with Gasteiger partial charge in [-0.25, -0.2) is 19.2 Å². The van der Waals surface area contributed by atoms with Gasteiger partial charge in [0.25, 0.3) is 0 Å². The summed E-state index contributed by atoms with van der Waals surface area (Å²) >= 11 is 0. The van der Waals surface area contributed by atoms with Crippen molar-refractivity contribution in [2.75, 3.05) is 26.2 Å². The molecule has 0 aromatic heterocycles. The van der Waals surface area contributed by atoms with Gasteiger partial charge in [0.15, 0.2) is 5.78 Å². The fraction of sp³-hybridized carbons (Fsp3) is 0.396. The molecule has 332 valence electrons. The third-order valence-corrected chi connectivity index (χ3v) is 9.66. The summed E-state index contributed by atoms with van der Waals surface area (Å²) in [6.45, 7) is 6.27. The van der Waals surface area contributed by atoms with Gasteiger partial charge in [-0.1, -0.05) is 121 Å². The van der Waals surface area contributed by atoms with Crippen LogP contribution in [0.25, 0.3) is 0 Å². The number of hydrogen-bond donors (Lipinski definition) is 4. The fourth-order valence-electron chi connectivity index (χ4n) is 6.52. The first-order valence-electron chi connectivity index (χ1n) is 21.0. The van der Waals surface area contributed by atoms with Gasteiger partial charge in [0.1, 0.15) is 25.4 Å². The second kappa shape index (κ2) is 25.4. The van der Waals surface area contributed by atoms with Crippen LogP contribution in [0.15, 0.2) is 121 Å². The summed E-state index contributed by atoms with van der Waals surface area (Å²) in [7, 11) is 0. The average Bonchev–Trinajstić information content (AvgIpc) is 3.26. The fourth-order valence-corrected chi connectivity index (χ4v) is 6.52. The van der Waals surface area contributed by atoms with E-state index < -0.39 is 47.3 Å². The molecule has 14 heteroatoms. The van der Waals surface area contributed by atoms with Crippen LogP contribution < -0.4 is 21.7 Å². The van der Waals surface area contributed by atoms with E-state index in [-0.39, 0.29) is 71.7 Å². The SMILES string of the molecule is CC(C)(C)OC(=O)NC(Cc1ccccc1)C(=O)C(N)(CCCNC(=O)OCc1ccccc1)CCCN(CCCNC(=O)OCc1ccccc1)C(=O)OCc1ccccc1. The number of hydrogen-bond acceptors (Lipinski definition) is 10. The van der Waals surface area contributed by atoms with E-state index in [1.807, 2.05) is 121 Å². The topological polar surface area (TPSA) is 188 Å². The molecule has 0 aliphatic carbocycles. The molecule has 5 N–H and O–H groups in total. The lowest BCUT2D eigenvalue weighted by molar-refractivity contribution is -0.127. The zero-order valence-corrected chi connectivity index (χ0v) is 36.0. The quantitative estimate of drug-likeness (QED) is 0.0423. The summed E-state index contributed by atoms with van der Waals surface area (Å²) in [6.07, 6.45) is -1.13. The lowest BCUT2D eigenvalue weighted by Gasteiger charge is -2.33. The first-order chi connectivity index (χ1) is 29.8. The van der Waals surface area contributed by atoms with Crippen molar-refractivity contribution in [3.63, 3.8) is 0 Å². The second-order valence-electron chi connectivity index (χ2n) is 16.0. The minimum atomic E-state index is -1.51. The van der Waals surface area contributed by atoms with Gasteiger partial charge in [-0.05, 0) is 81.5 Å². The number of Topliss-reactive ketones (excluding diaryl/α,β-unsaturated/α-hetero) is 1. The largest absolute Gasteiger partial charge is 0.445 e. The Morgan fingerprint density at radius 3 is 1.47 bits per heavy atom. The van der Waals surface area contributed by atoms with Gasteiger partial charge >= 0.3 is 24.4 Å². The third kappa shape index (κ3) is 18.5. The molecule has 0 saturated heterocycles. The zero-order valence-electron chi connectivity index (χ0n) is 36.0. The average molecular weight is 852 g/mol. The van der Waals surface area contributed by atoms with Crippen molar-refractivity contribution in [3.8, 4) is 0 Å². The number of nitrogens with two attached hydrogens (primary N) is 1. The Bertz CT molecular complexity index is 1960. The number of benzene rings is 4. The lowest BCUT2D eigenvalue weighted by Crippen LogP contribution is -2.58. The van der Waals surface area contributed by atoms with E-state index in [4.69, 9.17) is 24.7 Å². The van der Waals surface area contributed by atoms with E-state index in [2.05, 4.69) is 16.0 Å². The smallest absolute Gasteiger partial charge is 0.410 e. The van der Waals surface area contributed by atoms with Crippen molar-refractivity contribution in [2.45, 2.75) is 96.3 Å². The highest BCUT2D eigenvalue weighted by molar-refractivity contribution is 5.95. The molecule has 14 nitrogen and oxygen atoms in total. The highest BCUT2D eigenvalue weighted by atomic mass is 16.6. The van der Waals surface area contributed by atoms with Crippen molar-refractivity contribution >= 4 is 30.2 Å². The normalized spacial score (nSPS) is 12.5. The second-order valence-corrected chi connectivity index (χ2v) is 16.0. The third-order valence-electron chi connectivity index (χ3n) is 9.66. The predicted octanol–water partition coefficient (Wildman–Crippen LogP) is 7.83. The molecule has 0 spiro atoms. The first kappa shape index (κ1) is 48.3. The highest BCUT2D eigenvalue weighted by Gasteiger charge is 2.39. The maximum absolute atomic E-state index is 14.7. The van der Waals surface area contributed by atoms with E-state index in [0.717, 1.165) is 22.3 Å². The maximum Gasteiger partial charge on any atom is 0.410 e. The number of ketones is 1. The van der Waals surface area contributed by atoms with Crippen LogP contribution in [-0.2, 0) is 50.0 Å². The Balaban J connectivity index is 1.45. The minimum absolute atomic E-state index is 0.0534. The maximum atomic E-state index is 14.7. The summed E-state index contributed by atoms with van der Waals surface area (Å²) in [4.78, 5) is 67.8. The van der Waals surface area contributed by atoms with Gasteiger partial charge < -0.3 is 45.5 Å². The summed E-state index contributed by atoms with van der Waals surface area (Å²) in [5.41, 5.74) is 8.08. The van der Waals surface area contributed by atoms with Crippen LogP contribution in [0.5, 0.6) is 0 Å². The van der Waals surface area contributed by atoms with Crippen molar-refractivity contribution in [2.24, 2.45) is 5.73 Å². The molecule has 4 rings (SSSR count). The van der Waals surface area contributed by atoms with Gasteiger partial charge in [0, 0.05) is 26.2 Å². The van der Waals surface area contributed by atoms with Gasteiger partial charge in [-0.2, -0.15) is 0 Å². The van der Waals surface area contributed by atoms with Gasteiger partial charge in [-0.3, -0.25) is 4.79 Å². The predicted molar refractivity (Wildman–Crippen MR) is 236 cm³/mol. The lowest BCUT2D eigenvalue weighted by atomic mass is 9.80. The molecule has 2 atom stereocenters. The Hall–Kier alpha value is -6.41. The number of ether oxygens (including phenoxy) is 4. The number of carbonyl (C=O) groups is 5. The molecule has 0 aliphatic rings. The molecular formula is C48H61N5O9. The number of nitrogens with one attached hydrogen (secondary N) is 3. The molecule has 4 amide bonds. The molecule has 62 heavy (non-hydrogen) atoms. The zero-order chi connectivity index (χ0) is 44.6. The van der Waals surface area contributed by atoms with Gasteiger partial charge in [-0.15, -0.1) is 0 Å². The molecule has 0 aliphatic heterocycles. The summed E-state index contributed by atoms with van der Waals surface area (Å²) in [6, 6.07) is 36.1. The monoisotopic (exact) mass is 851 g/mol. The summed E-state index contributed by atoms with van der Waals surface area (Å²) in [5.74, 6) is -0.421. The number of carbonyl (C=O) groups excluding carboxylic acids is 5. The van der Waals surface area contributed by atoms with Crippen LogP contribution in [0, 0.1) is 0 Å². The number of rotatable bonds is 23. The Morgan fingerprint density at radius 1 is 0.565 bits per heavy atom. The Morgan fingerprint density at radius 2 is 0.984 bits per heavy atom. The first-order valence-corrected chi connectivity index (χ1v) is 21.0. The van der Waals surface area contributed by atoms with Crippen LogP contribution in [-0.4, -0.2) is 78.4 Å². The number of nitrogens with zero attached hydrogens (tertiary/aromatic N) is 1. The minimum Gasteiger partial charge on any atom is -0.445 e. The van der Waals surface area contributed by atoms with Gasteiger partial charge in [0.2, 0.25) is 0 Å². The molecule has 0 heterocycles. The molecule has 2 unspecified atom stereocenters. The molecule has 0 fully saturated rings. The van der Waals surface area contributed by atoms with E-state index >= 15 is 0 Å². The standard InChI is InChI=1S/C48H61N5O9/c1-47(2,3)62-45(57)52-41(33-37-19-8-4-9-20-37)42(54)48(49,27-16-29-50-43(55)59-34-38-21-10-5-11-22-38)28-17-31-53(46(58)61-36-40-25-14-7-15-26-40)32-18-30-51-44(56)60-35-39-23-12-6-13-24-39/h4-15,19-26,41H,16-18,27-36,49H2,1-3H3,(H,50,55)(H,51,56)(H,52,57). The van der Waals surface area contributed by atoms with E-state index in [0.29, 0.717) is 12.8 Å². The molecule has 4 aromatic rings. The van der Waals surface area contributed by atoms with Crippen molar-refractivity contribution in [1.29, 1.82) is 0 Å². The van der Waals surface area contributed by atoms with Crippen molar-refractivity contribution < 1.29 is 42.9 Å². The van der Waals surface area contributed by atoms with Gasteiger partial charge in [0.05, 0.1) is 11.6 Å². The van der Waals surface area contributed by atoms with Crippen molar-refractivity contribution in [1.82, 2.24) is 20.9 Å². The van der Waals surface area contributed by atoms with Crippen LogP contribution in [0.1, 0.15) is 75.1 Å². The molecule has 0 bridgehead atoms. The van der Waals surface area contributed by atoms with Crippen LogP contribution in [0.4, 0.5) is 19.2 Å². The van der Waals surface area contributed by atoms with Crippen LogP contribution in [0.3, 0.4) is 0 Å². The summed E-state index contributed by atoms with van der Waals surface area (Å²) < 4.78 is 21.9. The van der Waals surface area contributed by atoms with E-state index in [1.165, 1.54) is 4.90 Å². The molecule has 4 aromatic carbocycles. The van der Waals surface area contributed by atoms with Crippen LogP contribution in [0.2, 0.25) is 0 Å². The van der Waals surface area contributed by atoms with Crippen molar-refractivity contribution in [3.05, 3.63) is 144 Å². The highest BCUT2D eigenvalue weighted by Crippen LogP contribution is 2.23. The van der Waals surface area contributed by atoms with E-state index in [9.17, 15) is 24.0 Å². The Labute approximate surface area is 364 Å². The van der Waals surface area contributed by atoms with E-state index in [1.54, 1.807) is 20.8 Å². The summed E-state index contributed by atoms with van der Waals surface area (Å²) in [5, 5.41) is 8.23. The number of alkyl carbamates (subject to hydrolysis) is 3. The molecule has 0 radical (unpaired) electrons. The Kier molecular flexibility index (Phi) is 19.8. The van der Waals surface area contributed by atoms with Crippen LogP contribution >= 0.6 is 0 Å².